The van der Waals surface area contributed by atoms with Crippen molar-refractivity contribution in [2.75, 3.05) is 12.4 Å². The fourth-order valence-electron chi connectivity index (χ4n) is 3.25. The number of amidine groups is 1. The van der Waals surface area contributed by atoms with Gasteiger partial charge >= 0.3 is 5.97 Å². The molecule has 0 N–H and O–H groups in total. The Balaban J connectivity index is 2.08. The van der Waals surface area contributed by atoms with E-state index in [0.717, 1.165) is 5.56 Å². The van der Waals surface area contributed by atoms with Gasteiger partial charge in [0.25, 0.3) is 0 Å². The molecule has 5 nitrogen and oxygen atoms in total. The molecule has 0 radical (unpaired) electrons. The molecule has 27 heavy (non-hydrogen) atoms. The minimum atomic E-state index is -0.517. The van der Waals surface area contributed by atoms with Crippen LogP contribution >= 0.6 is 11.8 Å². The van der Waals surface area contributed by atoms with E-state index in [4.69, 9.17) is 4.74 Å². The van der Waals surface area contributed by atoms with E-state index in [1.54, 1.807) is 23.6 Å². The van der Waals surface area contributed by atoms with Crippen molar-refractivity contribution in [2.45, 2.75) is 39.2 Å². The molecular weight excluding hydrogens is 360 g/mol. The quantitative estimate of drug-likeness (QED) is 0.564. The third kappa shape index (κ3) is 3.86. The maximum atomic E-state index is 12.8. The van der Waals surface area contributed by atoms with Gasteiger partial charge in [0.05, 0.1) is 17.3 Å². The lowest BCUT2D eigenvalue weighted by molar-refractivity contribution is -0.139. The standard InChI is InChI=1S/C21H24N2O3S/c1-5-11-26-20(25)18-14(4)22-21-23(17(24)10-12-27-21)19(18)16-8-6-15(7-9-16)13(2)3/h5-9,13,19H,1,10-12H2,2-4H3. The zero-order valence-electron chi connectivity index (χ0n) is 15.9. The summed E-state index contributed by atoms with van der Waals surface area (Å²) in [5, 5.41) is 0.655. The SMILES string of the molecule is C=CCOC(=O)C1=C(C)N=C2SCCC(=O)N2C1c1ccc(C(C)C)cc1. The second-order valence-corrected chi connectivity index (χ2v) is 7.93. The zero-order valence-corrected chi connectivity index (χ0v) is 16.7. The molecule has 0 aliphatic carbocycles. The van der Waals surface area contributed by atoms with Gasteiger partial charge in [-0.25, -0.2) is 9.79 Å². The summed E-state index contributed by atoms with van der Waals surface area (Å²) in [5.74, 6) is 0.629. The van der Waals surface area contributed by atoms with Crippen molar-refractivity contribution < 1.29 is 14.3 Å². The van der Waals surface area contributed by atoms with Crippen molar-refractivity contribution in [1.29, 1.82) is 0 Å². The van der Waals surface area contributed by atoms with Crippen LogP contribution < -0.4 is 0 Å². The summed E-state index contributed by atoms with van der Waals surface area (Å²) >= 11 is 1.55. The van der Waals surface area contributed by atoms with E-state index in [1.165, 1.54) is 11.6 Å². The Kier molecular flexibility index (Phi) is 5.85. The number of hydrogen-bond donors (Lipinski definition) is 0. The molecule has 6 heteroatoms. The first kappa shape index (κ1) is 19.4. The monoisotopic (exact) mass is 384 g/mol. The van der Waals surface area contributed by atoms with Gasteiger partial charge in [-0.1, -0.05) is 62.5 Å². The molecule has 0 bridgehead atoms. The Hall–Kier alpha value is -2.34. The third-order valence-corrected chi connectivity index (χ3v) is 5.63. The molecule has 1 saturated heterocycles. The molecule has 1 unspecified atom stereocenters. The topological polar surface area (TPSA) is 59.0 Å². The molecular formula is C21H24N2O3S. The highest BCUT2D eigenvalue weighted by atomic mass is 32.2. The van der Waals surface area contributed by atoms with Gasteiger partial charge in [0.2, 0.25) is 5.91 Å². The number of esters is 1. The summed E-state index contributed by atoms with van der Waals surface area (Å²) in [6.07, 6.45) is 1.96. The lowest BCUT2D eigenvalue weighted by Crippen LogP contribution is -2.45. The molecule has 1 aromatic rings. The van der Waals surface area contributed by atoms with Gasteiger partial charge in [0.1, 0.15) is 6.61 Å². The predicted molar refractivity (Wildman–Crippen MR) is 108 cm³/mol. The van der Waals surface area contributed by atoms with E-state index in [9.17, 15) is 9.59 Å². The average molecular weight is 385 g/mol. The molecule has 1 atom stereocenters. The van der Waals surface area contributed by atoms with Gasteiger partial charge in [-0.05, 0) is 24.0 Å². The Labute approximate surface area is 164 Å². The number of carbonyl (C=O) groups is 2. The highest BCUT2D eigenvalue weighted by Gasteiger charge is 2.41. The molecule has 1 aromatic carbocycles. The summed E-state index contributed by atoms with van der Waals surface area (Å²) in [6.45, 7) is 9.77. The fraction of sp³-hybridized carbons (Fsp3) is 0.381. The molecule has 1 amide bonds. The Morgan fingerprint density at radius 2 is 2.11 bits per heavy atom. The van der Waals surface area contributed by atoms with Crippen LogP contribution in [0.1, 0.15) is 50.3 Å². The van der Waals surface area contributed by atoms with Crippen molar-refractivity contribution >= 4 is 28.8 Å². The first-order valence-corrected chi connectivity index (χ1v) is 10.0. The van der Waals surface area contributed by atoms with Crippen molar-refractivity contribution in [3.63, 3.8) is 0 Å². The Morgan fingerprint density at radius 3 is 2.74 bits per heavy atom. The lowest BCUT2D eigenvalue weighted by Gasteiger charge is -2.39. The van der Waals surface area contributed by atoms with E-state index >= 15 is 0 Å². The first-order valence-electron chi connectivity index (χ1n) is 9.06. The number of hydrogen-bond acceptors (Lipinski definition) is 5. The summed E-state index contributed by atoms with van der Waals surface area (Å²) in [6, 6.07) is 7.56. The average Bonchev–Trinajstić information content (AvgIpc) is 2.65. The predicted octanol–water partition coefficient (Wildman–Crippen LogP) is 4.19. The Bertz CT molecular complexity index is 824. The van der Waals surface area contributed by atoms with Gasteiger partial charge < -0.3 is 4.74 Å². The molecule has 0 saturated carbocycles. The van der Waals surface area contributed by atoms with Crippen LogP contribution in [-0.4, -0.2) is 34.3 Å². The van der Waals surface area contributed by atoms with Crippen molar-refractivity contribution in [3.8, 4) is 0 Å². The zero-order chi connectivity index (χ0) is 19.6. The number of nitrogens with zero attached hydrogens (tertiary/aromatic N) is 2. The van der Waals surface area contributed by atoms with Crippen LogP contribution in [0.15, 0.2) is 53.2 Å². The highest BCUT2D eigenvalue weighted by Crippen LogP contribution is 2.40. The minimum Gasteiger partial charge on any atom is -0.458 e. The summed E-state index contributed by atoms with van der Waals surface area (Å²) in [5.41, 5.74) is 3.09. The third-order valence-electron chi connectivity index (χ3n) is 4.68. The molecule has 2 aliphatic heterocycles. The van der Waals surface area contributed by atoms with Gasteiger partial charge in [-0.3, -0.25) is 9.69 Å². The van der Waals surface area contributed by atoms with Gasteiger partial charge in [-0.15, -0.1) is 0 Å². The lowest BCUT2D eigenvalue weighted by atomic mass is 9.92. The van der Waals surface area contributed by atoms with Gasteiger partial charge in [0.15, 0.2) is 5.17 Å². The molecule has 3 rings (SSSR count). The molecule has 0 aromatic heterocycles. The van der Waals surface area contributed by atoms with E-state index in [1.807, 2.05) is 12.1 Å². The summed E-state index contributed by atoms with van der Waals surface area (Å²) in [7, 11) is 0. The Morgan fingerprint density at radius 1 is 1.41 bits per heavy atom. The van der Waals surface area contributed by atoms with E-state index in [0.29, 0.717) is 34.5 Å². The maximum absolute atomic E-state index is 12.8. The fourth-order valence-corrected chi connectivity index (χ4v) is 4.26. The molecule has 1 fully saturated rings. The number of carbonyl (C=O) groups excluding carboxylic acids is 2. The number of benzene rings is 1. The molecule has 0 spiro atoms. The number of fused-ring (bicyclic) bond motifs is 1. The summed E-state index contributed by atoms with van der Waals surface area (Å²) in [4.78, 5) is 31.7. The second kappa shape index (κ2) is 8.13. The van der Waals surface area contributed by atoms with Crippen LogP contribution in [0, 0.1) is 0 Å². The number of ether oxygens (including phenoxy) is 1. The largest absolute Gasteiger partial charge is 0.458 e. The minimum absolute atomic E-state index is 0.0213. The number of thioether (sulfide) groups is 1. The second-order valence-electron chi connectivity index (χ2n) is 6.87. The van der Waals surface area contributed by atoms with E-state index in [2.05, 4.69) is 37.6 Å². The number of rotatable bonds is 5. The number of amides is 1. The maximum Gasteiger partial charge on any atom is 0.338 e. The van der Waals surface area contributed by atoms with Crippen LogP contribution in [0.5, 0.6) is 0 Å². The van der Waals surface area contributed by atoms with Crippen molar-refractivity contribution in [2.24, 2.45) is 4.99 Å². The van der Waals surface area contributed by atoms with Crippen LogP contribution in [0.25, 0.3) is 0 Å². The van der Waals surface area contributed by atoms with Crippen molar-refractivity contribution in [1.82, 2.24) is 4.90 Å². The van der Waals surface area contributed by atoms with Gasteiger partial charge in [0, 0.05) is 12.2 Å². The summed E-state index contributed by atoms with van der Waals surface area (Å²) < 4.78 is 5.30. The van der Waals surface area contributed by atoms with Crippen LogP contribution in [-0.2, 0) is 14.3 Å². The molecule has 2 heterocycles. The van der Waals surface area contributed by atoms with Crippen LogP contribution in [0.2, 0.25) is 0 Å². The normalized spacial score (nSPS) is 19.7. The van der Waals surface area contributed by atoms with Crippen LogP contribution in [0.3, 0.4) is 0 Å². The van der Waals surface area contributed by atoms with E-state index in [-0.39, 0.29) is 12.5 Å². The molecule has 142 valence electrons. The van der Waals surface area contributed by atoms with Gasteiger partial charge in [-0.2, -0.15) is 0 Å². The smallest absolute Gasteiger partial charge is 0.338 e. The first-order chi connectivity index (χ1) is 12.9. The number of aliphatic imine (C=N–C) groups is 1. The van der Waals surface area contributed by atoms with Crippen LogP contribution in [0.4, 0.5) is 0 Å². The van der Waals surface area contributed by atoms with Crippen molar-refractivity contribution in [3.05, 3.63) is 59.3 Å². The molecule has 2 aliphatic rings. The highest BCUT2D eigenvalue weighted by molar-refractivity contribution is 8.14. The number of allylic oxidation sites excluding steroid dienone is 1. The van der Waals surface area contributed by atoms with E-state index < -0.39 is 12.0 Å².